The first-order chi connectivity index (χ1) is 16.0. The van der Waals surface area contributed by atoms with E-state index < -0.39 is 11.0 Å². The van der Waals surface area contributed by atoms with Crippen LogP contribution in [0, 0.1) is 0 Å². The molecule has 1 fully saturated rings. The van der Waals surface area contributed by atoms with Crippen LogP contribution in [0.15, 0.2) is 84.9 Å². The van der Waals surface area contributed by atoms with Crippen LogP contribution in [-0.4, -0.2) is 47.5 Å². The highest BCUT2D eigenvalue weighted by Gasteiger charge is 2.47. The summed E-state index contributed by atoms with van der Waals surface area (Å²) < 4.78 is 0. The van der Waals surface area contributed by atoms with Gasteiger partial charge in [0, 0.05) is 26.7 Å². The number of aliphatic hydroxyl groups is 1. The van der Waals surface area contributed by atoms with Gasteiger partial charge in [0.05, 0.1) is 5.60 Å². The molecule has 4 nitrogen and oxygen atoms in total. The van der Waals surface area contributed by atoms with Crippen LogP contribution in [0.3, 0.4) is 0 Å². The Morgan fingerprint density at radius 2 is 1.38 bits per heavy atom. The van der Waals surface area contributed by atoms with Crippen LogP contribution in [0.25, 0.3) is 0 Å². The molecule has 5 rings (SSSR count). The predicted molar refractivity (Wildman–Crippen MR) is 138 cm³/mol. The third-order valence-corrected chi connectivity index (χ3v) is 7.66. The molecule has 2 aliphatic rings. The summed E-state index contributed by atoms with van der Waals surface area (Å²) in [6.07, 6.45) is 2.14. The molecule has 0 aromatic heterocycles. The molecule has 0 saturated carbocycles. The highest BCUT2D eigenvalue weighted by atomic mass is 35.5. The van der Waals surface area contributed by atoms with E-state index in [-0.39, 0.29) is 18.3 Å². The molecule has 5 heteroatoms. The second-order valence-corrected chi connectivity index (χ2v) is 9.58. The van der Waals surface area contributed by atoms with Gasteiger partial charge in [0.15, 0.2) is 0 Å². The van der Waals surface area contributed by atoms with Crippen molar-refractivity contribution in [3.05, 3.63) is 107 Å². The molecule has 1 amide bonds. The summed E-state index contributed by atoms with van der Waals surface area (Å²) >= 11 is 0. The first kappa shape index (κ1) is 24.5. The monoisotopic (exact) mass is 476 g/mol. The smallest absolute Gasteiger partial charge is 0.237 e. The number of piperidine rings is 1. The number of carbonyl (C=O) groups excluding carboxylic acids is 1. The fourth-order valence-electron chi connectivity index (χ4n) is 5.74. The number of likely N-dealkylation sites (N-methyl/N-ethyl adjacent to an activating group) is 1. The van der Waals surface area contributed by atoms with E-state index in [1.807, 2.05) is 60.5 Å². The molecule has 3 aromatic carbocycles. The highest BCUT2D eigenvalue weighted by molar-refractivity contribution is 5.94. The Labute approximate surface area is 208 Å². The predicted octanol–water partition coefficient (Wildman–Crippen LogP) is 4.74. The Morgan fingerprint density at radius 3 is 2.03 bits per heavy atom. The molecule has 2 aliphatic heterocycles. The number of hydrogen-bond donors (Lipinski definition) is 1. The van der Waals surface area contributed by atoms with Crippen molar-refractivity contribution in [1.29, 1.82) is 0 Å². The first-order valence-corrected chi connectivity index (χ1v) is 11.9. The molecule has 1 N–H and O–H groups in total. The number of nitrogens with zero attached hydrogens (tertiary/aromatic N) is 2. The van der Waals surface area contributed by atoms with Gasteiger partial charge in [0.2, 0.25) is 5.91 Å². The van der Waals surface area contributed by atoms with Gasteiger partial charge in [0.1, 0.15) is 5.41 Å². The number of benzene rings is 3. The van der Waals surface area contributed by atoms with E-state index in [0.717, 1.165) is 42.7 Å². The lowest BCUT2D eigenvalue weighted by molar-refractivity contribution is -0.136. The van der Waals surface area contributed by atoms with E-state index in [2.05, 4.69) is 41.3 Å². The summed E-state index contributed by atoms with van der Waals surface area (Å²) in [6.45, 7) is 3.11. The van der Waals surface area contributed by atoms with Gasteiger partial charge < -0.3 is 14.9 Å². The topological polar surface area (TPSA) is 43.8 Å². The van der Waals surface area contributed by atoms with Crippen LogP contribution in [-0.2, 0) is 22.4 Å². The largest absolute Gasteiger partial charge is 0.385 e. The van der Waals surface area contributed by atoms with Gasteiger partial charge in [-0.3, -0.25) is 4.79 Å². The molecule has 34 heavy (non-hydrogen) atoms. The fourth-order valence-corrected chi connectivity index (χ4v) is 5.74. The van der Waals surface area contributed by atoms with Crippen LogP contribution in [0.1, 0.15) is 41.5 Å². The van der Waals surface area contributed by atoms with Crippen molar-refractivity contribution in [1.82, 2.24) is 9.80 Å². The van der Waals surface area contributed by atoms with E-state index in [0.29, 0.717) is 19.4 Å². The van der Waals surface area contributed by atoms with E-state index in [1.165, 1.54) is 5.56 Å². The molecule has 1 unspecified atom stereocenters. The van der Waals surface area contributed by atoms with Crippen molar-refractivity contribution < 1.29 is 9.90 Å². The molecule has 0 aliphatic carbocycles. The lowest BCUT2D eigenvalue weighted by Crippen LogP contribution is -2.52. The number of halogens is 1. The van der Waals surface area contributed by atoms with Gasteiger partial charge in [-0.25, -0.2) is 0 Å². The molecule has 2 heterocycles. The molecule has 178 valence electrons. The summed E-state index contributed by atoms with van der Waals surface area (Å²) in [5, 5.41) is 11.2. The molecule has 1 atom stereocenters. The zero-order valence-electron chi connectivity index (χ0n) is 19.7. The molecular formula is C29H33ClN2O2. The Balaban J connectivity index is 0.00000274. The number of fused-ring (bicyclic) bond motifs is 1. The van der Waals surface area contributed by atoms with Crippen molar-refractivity contribution in [3.8, 4) is 0 Å². The molecule has 0 bridgehead atoms. The van der Waals surface area contributed by atoms with Gasteiger partial charge in [0.25, 0.3) is 0 Å². The molecule has 0 spiro atoms. The fraction of sp³-hybridized carbons (Fsp3) is 0.345. The minimum absolute atomic E-state index is 0. The SMILES string of the molecule is CN1Cc2ccccc2C(CCN2CCC(O)(c3ccccc3)CC2)(c2ccccc2)C1=O.Cl. The summed E-state index contributed by atoms with van der Waals surface area (Å²) in [7, 11) is 1.91. The molecule has 0 radical (unpaired) electrons. The average molecular weight is 477 g/mol. The van der Waals surface area contributed by atoms with Crippen molar-refractivity contribution in [2.75, 3.05) is 26.7 Å². The first-order valence-electron chi connectivity index (χ1n) is 11.9. The number of carbonyl (C=O) groups is 1. The number of likely N-dealkylation sites (tertiary alicyclic amines) is 1. The van der Waals surface area contributed by atoms with Crippen molar-refractivity contribution in [2.24, 2.45) is 0 Å². The minimum atomic E-state index is -0.762. The zero-order chi connectivity index (χ0) is 22.9. The third kappa shape index (κ3) is 4.26. The lowest BCUT2D eigenvalue weighted by Gasteiger charge is -2.44. The van der Waals surface area contributed by atoms with E-state index in [4.69, 9.17) is 0 Å². The molecule has 1 saturated heterocycles. The van der Waals surface area contributed by atoms with Gasteiger partial charge in [-0.05, 0) is 48.1 Å². The maximum atomic E-state index is 13.8. The van der Waals surface area contributed by atoms with Gasteiger partial charge in [-0.15, -0.1) is 12.4 Å². The highest BCUT2D eigenvalue weighted by Crippen LogP contribution is 2.43. The Morgan fingerprint density at radius 1 is 0.824 bits per heavy atom. The Hall–Kier alpha value is -2.66. The number of rotatable bonds is 5. The van der Waals surface area contributed by atoms with Crippen molar-refractivity contribution in [3.63, 3.8) is 0 Å². The lowest BCUT2D eigenvalue weighted by atomic mass is 9.67. The summed E-state index contributed by atoms with van der Waals surface area (Å²) in [4.78, 5) is 18.1. The maximum Gasteiger partial charge on any atom is 0.237 e. The second-order valence-electron chi connectivity index (χ2n) is 9.58. The quantitative estimate of drug-likeness (QED) is 0.578. The second kappa shape index (κ2) is 9.91. The normalized spacial score (nSPS) is 22.1. The van der Waals surface area contributed by atoms with Crippen LogP contribution < -0.4 is 0 Å². The van der Waals surface area contributed by atoms with E-state index in [9.17, 15) is 9.90 Å². The third-order valence-electron chi connectivity index (χ3n) is 7.66. The van der Waals surface area contributed by atoms with Gasteiger partial charge in [-0.1, -0.05) is 84.9 Å². The minimum Gasteiger partial charge on any atom is -0.385 e. The Kier molecular flexibility index (Phi) is 7.13. The van der Waals surface area contributed by atoms with Crippen molar-refractivity contribution >= 4 is 18.3 Å². The Bertz CT molecular complexity index is 1110. The van der Waals surface area contributed by atoms with Gasteiger partial charge >= 0.3 is 0 Å². The number of amides is 1. The van der Waals surface area contributed by atoms with Crippen LogP contribution in [0.2, 0.25) is 0 Å². The maximum absolute atomic E-state index is 13.8. The van der Waals surface area contributed by atoms with Crippen LogP contribution >= 0.6 is 12.4 Å². The summed E-state index contributed by atoms with van der Waals surface area (Å²) in [5.41, 5.74) is 2.98. The summed E-state index contributed by atoms with van der Waals surface area (Å²) in [5.74, 6) is 0.171. The number of hydrogen-bond acceptors (Lipinski definition) is 3. The average Bonchev–Trinajstić information content (AvgIpc) is 2.87. The standard InChI is InChI=1S/C29H32N2O2.ClH/c1-30-22-23-10-8-9-15-26(23)29(27(30)32,25-13-6-3-7-14-25)18-21-31-19-16-28(33,17-20-31)24-11-4-2-5-12-24;/h2-15,33H,16-22H2,1H3;1H. The van der Waals surface area contributed by atoms with Crippen molar-refractivity contribution in [2.45, 2.75) is 36.8 Å². The van der Waals surface area contributed by atoms with Crippen LogP contribution in [0.5, 0.6) is 0 Å². The summed E-state index contributed by atoms with van der Waals surface area (Å²) in [6, 6.07) is 28.7. The van der Waals surface area contributed by atoms with E-state index in [1.54, 1.807) is 0 Å². The van der Waals surface area contributed by atoms with Crippen LogP contribution in [0.4, 0.5) is 0 Å². The zero-order valence-corrected chi connectivity index (χ0v) is 20.5. The van der Waals surface area contributed by atoms with E-state index >= 15 is 0 Å². The molecular weight excluding hydrogens is 444 g/mol. The van der Waals surface area contributed by atoms with Gasteiger partial charge in [-0.2, -0.15) is 0 Å². The molecule has 3 aromatic rings.